The molecule has 2 N–H and O–H groups in total. The molecule has 0 rings (SSSR count). The van der Waals surface area contributed by atoms with Crippen molar-refractivity contribution in [3.63, 3.8) is 0 Å². The first-order valence-electron chi connectivity index (χ1n) is 9.30. The molecule has 0 aromatic carbocycles. The number of thioether (sulfide) groups is 1. The highest BCUT2D eigenvalue weighted by Crippen LogP contribution is 2.13. The van der Waals surface area contributed by atoms with Gasteiger partial charge in [0.2, 0.25) is 5.91 Å². The smallest absolute Gasteiger partial charge is 0.327 e. The van der Waals surface area contributed by atoms with E-state index in [1.54, 1.807) is 0 Å². The Hall–Kier alpha value is -1.49. The molecule has 25 heavy (non-hydrogen) atoms. The van der Waals surface area contributed by atoms with Crippen LogP contribution < -0.4 is 5.32 Å². The predicted octanol–water partition coefficient (Wildman–Crippen LogP) is 4.73. The van der Waals surface area contributed by atoms with Crippen LogP contribution in [0.25, 0.3) is 0 Å². The Morgan fingerprint density at radius 2 is 1.68 bits per heavy atom. The molecule has 0 aromatic heterocycles. The van der Waals surface area contributed by atoms with Crippen molar-refractivity contribution in [3.05, 3.63) is 34.9 Å². The summed E-state index contributed by atoms with van der Waals surface area (Å²) >= 11 is 1.51. The van der Waals surface area contributed by atoms with Gasteiger partial charge in [-0.15, -0.1) is 0 Å². The first kappa shape index (κ1) is 21.6. The highest BCUT2D eigenvalue weighted by molar-refractivity contribution is 7.99. The van der Waals surface area contributed by atoms with E-state index >= 15 is 0 Å². The Bertz CT molecular complexity index is 541. The monoisotopic (exact) mass is 368 g/mol. The maximum Gasteiger partial charge on any atom is 0.327 e. The second-order valence-electron chi connectivity index (χ2n) is 6.36. The summed E-state index contributed by atoms with van der Waals surface area (Å²) in [7, 11) is 0. The lowest BCUT2D eigenvalue weighted by molar-refractivity contribution is -0.140. The van der Waals surface area contributed by atoms with Crippen molar-refractivity contribution in [2.45, 2.75) is 66.3 Å². The Kier molecular flexibility index (Phi) is 11.9. The van der Waals surface area contributed by atoms with Gasteiger partial charge in [-0.05, 0) is 53.4 Å². The number of amides is 1. The fourth-order valence-corrected chi connectivity index (χ4v) is 3.10. The number of carbonyl (C=O) groups excluding carboxylic acids is 1. The van der Waals surface area contributed by atoms with E-state index in [9.17, 15) is 9.59 Å². The normalized spacial score (nSPS) is 14.9. The average Bonchev–Trinajstić information content (AvgIpc) is 2.56. The van der Waals surface area contributed by atoms with Crippen LogP contribution in [0.3, 0.4) is 0 Å². The van der Waals surface area contributed by atoms with E-state index in [-0.39, 0.29) is 5.91 Å². The minimum absolute atomic E-state index is 0.322. The van der Waals surface area contributed by atoms with Gasteiger partial charge in [0, 0.05) is 19.8 Å². The lowest BCUT2D eigenvalue weighted by Crippen LogP contribution is -2.41. The SMILES string of the molecule is [2H]CC(C)=CCC/C(C)=C/CC/C(C)=C/CSC[C@H](NC(C)=O)C(=O)O. The molecule has 0 spiro atoms. The molecule has 0 aliphatic rings. The third-order valence-electron chi connectivity index (χ3n) is 3.57. The zero-order chi connectivity index (χ0) is 19.9. The Morgan fingerprint density at radius 3 is 2.24 bits per heavy atom. The topological polar surface area (TPSA) is 66.4 Å². The molecule has 5 heteroatoms. The molecule has 4 nitrogen and oxygen atoms in total. The maximum atomic E-state index is 11.0. The van der Waals surface area contributed by atoms with Gasteiger partial charge in [-0.3, -0.25) is 4.79 Å². The summed E-state index contributed by atoms with van der Waals surface area (Å²) in [6.07, 6.45) is 10.6. The molecule has 0 bridgehead atoms. The molecule has 1 atom stereocenters. The summed E-state index contributed by atoms with van der Waals surface area (Å²) in [6.45, 7) is 7.93. The second-order valence-corrected chi connectivity index (χ2v) is 7.43. The largest absolute Gasteiger partial charge is 0.480 e. The molecule has 0 unspecified atom stereocenters. The van der Waals surface area contributed by atoms with Gasteiger partial charge in [-0.1, -0.05) is 34.9 Å². The first-order valence-corrected chi connectivity index (χ1v) is 9.75. The van der Waals surface area contributed by atoms with Gasteiger partial charge < -0.3 is 10.4 Å². The molecule has 0 fully saturated rings. The Morgan fingerprint density at radius 1 is 1.08 bits per heavy atom. The summed E-state index contributed by atoms with van der Waals surface area (Å²) < 4.78 is 7.26. The Labute approximate surface area is 158 Å². The molecule has 0 aliphatic carbocycles. The van der Waals surface area contributed by atoms with E-state index in [1.165, 1.54) is 29.8 Å². The number of carboxylic acid groups (broad SMARTS) is 1. The van der Waals surface area contributed by atoms with Crippen LogP contribution in [0.5, 0.6) is 0 Å². The molecular weight excluding hydrogens is 334 g/mol. The van der Waals surface area contributed by atoms with Crippen molar-refractivity contribution in [1.82, 2.24) is 5.32 Å². The van der Waals surface area contributed by atoms with E-state index in [2.05, 4.69) is 37.4 Å². The quantitative estimate of drug-likeness (QED) is 0.386. The molecule has 142 valence electrons. The minimum atomic E-state index is -0.998. The maximum absolute atomic E-state index is 11.0. The van der Waals surface area contributed by atoms with Gasteiger partial charge in [0.25, 0.3) is 0 Å². The number of nitrogens with one attached hydrogen (secondary N) is 1. The number of carbonyl (C=O) groups is 2. The van der Waals surface area contributed by atoms with Crippen LogP contribution in [0.15, 0.2) is 34.9 Å². The van der Waals surface area contributed by atoms with Crippen molar-refractivity contribution in [1.29, 1.82) is 0 Å². The number of hydrogen-bond acceptors (Lipinski definition) is 3. The molecule has 0 heterocycles. The molecule has 0 saturated heterocycles. The van der Waals surface area contributed by atoms with E-state index in [1.807, 2.05) is 6.92 Å². The van der Waals surface area contributed by atoms with Crippen molar-refractivity contribution in [2.75, 3.05) is 11.5 Å². The lowest BCUT2D eigenvalue weighted by atomic mass is 10.1. The number of hydrogen-bond donors (Lipinski definition) is 2. The molecule has 0 saturated carbocycles. The van der Waals surface area contributed by atoms with Crippen LogP contribution in [0.4, 0.5) is 0 Å². The van der Waals surface area contributed by atoms with Crippen molar-refractivity contribution in [2.24, 2.45) is 0 Å². The van der Waals surface area contributed by atoms with Crippen molar-refractivity contribution in [3.8, 4) is 0 Å². The molecular formula is C20H33NO3S. The fourth-order valence-electron chi connectivity index (χ4n) is 2.10. The Balaban J connectivity index is 4.08. The van der Waals surface area contributed by atoms with Crippen molar-refractivity contribution >= 4 is 23.6 Å². The van der Waals surface area contributed by atoms with Crippen LogP contribution in [0.1, 0.15) is 61.6 Å². The highest BCUT2D eigenvalue weighted by atomic mass is 32.2. The van der Waals surface area contributed by atoms with E-state index in [4.69, 9.17) is 6.48 Å². The molecule has 1 amide bonds. The number of carboxylic acids is 1. The molecule has 0 aliphatic heterocycles. The van der Waals surface area contributed by atoms with Gasteiger partial charge in [0.1, 0.15) is 6.04 Å². The molecule has 0 radical (unpaired) electrons. The van der Waals surface area contributed by atoms with Gasteiger partial charge in [0.15, 0.2) is 0 Å². The summed E-state index contributed by atoms with van der Waals surface area (Å²) in [4.78, 5) is 22.0. The van der Waals surface area contributed by atoms with Crippen molar-refractivity contribution < 1.29 is 16.1 Å². The number of allylic oxidation sites excluding steroid dienone is 5. The zero-order valence-electron chi connectivity index (χ0n) is 16.9. The second kappa shape index (κ2) is 13.8. The van der Waals surface area contributed by atoms with Gasteiger partial charge in [0.05, 0.1) is 0 Å². The summed E-state index contributed by atoms with van der Waals surface area (Å²) in [5.74, 6) is -0.211. The fraction of sp³-hybridized carbons (Fsp3) is 0.600. The van der Waals surface area contributed by atoms with Crippen LogP contribution in [0, 0.1) is 0 Å². The standard InChI is InChI=1S/C20H33NO3S/c1-15(2)8-6-9-16(3)10-7-11-17(4)12-13-25-14-19(20(23)24)21-18(5)22/h8,10,12,19H,6-7,9,11,13-14H2,1-5H3,(H,21,22)(H,23,24)/b16-10+,17-12+/t19-/m0/s1/i1D/b15-8?,16-10+,17-12+. The van der Waals surface area contributed by atoms with Gasteiger partial charge in [-0.25, -0.2) is 4.79 Å². The predicted molar refractivity (Wildman–Crippen MR) is 108 cm³/mol. The van der Waals surface area contributed by atoms with E-state index in [0.29, 0.717) is 12.7 Å². The average molecular weight is 369 g/mol. The zero-order valence-corrected chi connectivity index (χ0v) is 16.7. The number of aliphatic carboxylic acids is 1. The van der Waals surface area contributed by atoms with Gasteiger partial charge in [-0.2, -0.15) is 11.8 Å². The van der Waals surface area contributed by atoms with Crippen LogP contribution in [0.2, 0.25) is 0 Å². The lowest BCUT2D eigenvalue weighted by Gasteiger charge is -2.12. The van der Waals surface area contributed by atoms with Gasteiger partial charge >= 0.3 is 5.97 Å². The third kappa shape index (κ3) is 14.6. The number of rotatable bonds is 12. The first-order chi connectivity index (χ1) is 12.3. The van der Waals surface area contributed by atoms with E-state index < -0.39 is 12.0 Å². The minimum Gasteiger partial charge on any atom is -0.480 e. The highest BCUT2D eigenvalue weighted by Gasteiger charge is 2.17. The van der Waals surface area contributed by atoms with Crippen LogP contribution in [-0.2, 0) is 9.59 Å². The molecule has 0 aromatic rings. The van der Waals surface area contributed by atoms with Crippen LogP contribution >= 0.6 is 11.8 Å². The third-order valence-corrected chi connectivity index (χ3v) is 4.54. The van der Waals surface area contributed by atoms with E-state index in [0.717, 1.165) is 37.0 Å². The summed E-state index contributed by atoms with van der Waals surface area (Å²) in [6, 6.07) is -0.829. The summed E-state index contributed by atoms with van der Waals surface area (Å²) in [5.41, 5.74) is 3.79. The summed E-state index contributed by atoms with van der Waals surface area (Å²) in [5, 5.41) is 11.5. The van der Waals surface area contributed by atoms with Crippen LogP contribution in [-0.4, -0.2) is 34.5 Å².